The van der Waals surface area contributed by atoms with Gasteiger partial charge in [0.1, 0.15) is 0 Å². The summed E-state index contributed by atoms with van der Waals surface area (Å²) in [5, 5.41) is 27.2. The van der Waals surface area contributed by atoms with E-state index in [9.17, 15) is 14.6 Å². The summed E-state index contributed by atoms with van der Waals surface area (Å²) in [5.74, 6) is 0. The van der Waals surface area contributed by atoms with Crippen LogP contribution in [-0.2, 0) is 25.9 Å². The summed E-state index contributed by atoms with van der Waals surface area (Å²) in [6.07, 6.45) is 1.52. The summed E-state index contributed by atoms with van der Waals surface area (Å²) in [7, 11) is -1.80. The minimum Gasteiger partial charge on any atom is -0.444 e. The molecule has 8 heteroatoms. The number of rotatable bonds is 5. The molecule has 31 heavy (non-hydrogen) atoms. The molecular weight excluding hydrogens is 412 g/mol. The Morgan fingerprint density at radius 3 is 2.03 bits per heavy atom. The maximum absolute atomic E-state index is 12.4. The van der Waals surface area contributed by atoms with Crippen LogP contribution in [0.3, 0.4) is 0 Å². The van der Waals surface area contributed by atoms with Gasteiger partial charge in [-0.3, -0.25) is 0 Å². The fraction of sp³-hybridized carbons (Fsp3) is 0.739. The number of nitrogens with one attached hydrogen (secondary N) is 2. The Kier molecular flexibility index (Phi) is 6.18. The minimum absolute atomic E-state index is 0.150. The maximum atomic E-state index is 12.4. The third-order valence-corrected chi connectivity index (χ3v) is 8.24. The van der Waals surface area contributed by atoms with Gasteiger partial charge in [0.2, 0.25) is 0 Å². The second kappa shape index (κ2) is 7.78. The summed E-state index contributed by atoms with van der Waals surface area (Å²) in [6.45, 7) is 16.4. The number of piperidine rings is 1. The highest BCUT2D eigenvalue weighted by atomic mass is 32.2. The third kappa shape index (κ3) is 4.18. The SMILES string of the molecule is CC1(C)CC(NCC(c2ccc3c(c2)C(C)(C)N(O)C3(C)C)[S-](=N)=O)CC(C)(C)N1O. The van der Waals surface area contributed by atoms with Gasteiger partial charge in [0.05, 0.1) is 11.1 Å². The summed E-state index contributed by atoms with van der Waals surface area (Å²) in [5.41, 5.74) is 1.07. The van der Waals surface area contributed by atoms with Gasteiger partial charge in [0.25, 0.3) is 0 Å². The quantitative estimate of drug-likeness (QED) is 0.487. The van der Waals surface area contributed by atoms with Gasteiger partial charge < -0.3 is 24.7 Å². The van der Waals surface area contributed by atoms with Crippen LogP contribution in [0.15, 0.2) is 18.2 Å². The fourth-order valence-electron chi connectivity index (χ4n) is 5.73. The number of nitrogens with zero attached hydrogens (tertiary/aromatic N) is 2. The lowest BCUT2D eigenvalue weighted by Gasteiger charge is -2.51. The van der Waals surface area contributed by atoms with Gasteiger partial charge in [-0.25, -0.2) is 0 Å². The molecule has 0 radical (unpaired) electrons. The number of hydroxylamine groups is 4. The molecule has 0 amide bonds. The lowest BCUT2D eigenvalue weighted by Crippen LogP contribution is -2.62. The molecule has 0 spiro atoms. The van der Waals surface area contributed by atoms with E-state index in [2.05, 4.69) is 5.32 Å². The van der Waals surface area contributed by atoms with Crippen molar-refractivity contribution in [2.75, 3.05) is 6.54 Å². The molecule has 176 valence electrons. The van der Waals surface area contributed by atoms with Gasteiger partial charge in [0, 0.05) is 17.1 Å². The van der Waals surface area contributed by atoms with Crippen molar-refractivity contribution in [2.45, 2.75) is 102 Å². The van der Waals surface area contributed by atoms with Crippen LogP contribution in [-0.4, -0.2) is 44.2 Å². The van der Waals surface area contributed by atoms with Crippen molar-refractivity contribution >= 4 is 10.6 Å². The molecule has 0 bridgehead atoms. The van der Waals surface area contributed by atoms with Crippen LogP contribution in [0.1, 0.15) is 90.2 Å². The molecule has 2 heterocycles. The van der Waals surface area contributed by atoms with Gasteiger partial charge in [-0.2, -0.15) is 20.7 Å². The van der Waals surface area contributed by atoms with Crippen molar-refractivity contribution in [1.29, 1.82) is 4.78 Å². The molecule has 1 unspecified atom stereocenters. The number of hydrogen-bond acceptors (Lipinski definition) is 8. The predicted octanol–water partition coefficient (Wildman–Crippen LogP) is 4.63. The van der Waals surface area contributed by atoms with Gasteiger partial charge in [-0.05, 0) is 91.2 Å². The topological polar surface area (TPSA) is 99.9 Å². The van der Waals surface area contributed by atoms with Crippen molar-refractivity contribution in [1.82, 2.24) is 15.4 Å². The van der Waals surface area contributed by atoms with Gasteiger partial charge in [0.15, 0.2) is 0 Å². The van der Waals surface area contributed by atoms with E-state index in [0.717, 1.165) is 29.5 Å². The average Bonchev–Trinajstić information content (AvgIpc) is 2.77. The second-order valence-corrected chi connectivity index (χ2v) is 12.6. The lowest BCUT2D eigenvalue weighted by molar-refractivity contribution is -0.246. The molecular formula is C23H39N4O3S-. The molecule has 1 fully saturated rings. The first-order valence-electron chi connectivity index (χ1n) is 11.0. The average molecular weight is 452 g/mol. The standard InChI is InChI=1S/C23H39N4O3S/c1-20(2)12-16(13-21(3,4)26(20)28)25-14-19(31(24)30)15-9-10-17-18(11-15)23(7,8)27(29)22(17,5)6/h9-11,16,19,24-25,28-29H,12-14H2,1-8H3/q-1. The molecule has 0 aliphatic carbocycles. The van der Waals surface area contributed by atoms with Gasteiger partial charge in [-0.1, -0.05) is 23.8 Å². The maximum Gasteiger partial charge on any atom is 0.0665 e. The van der Waals surface area contributed by atoms with Crippen LogP contribution in [0.25, 0.3) is 0 Å². The molecule has 2 aliphatic heterocycles. The first-order valence-corrected chi connectivity index (χ1v) is 12.2. The fourth-order valence-corrected chi connectivity index (χ4v) is 6.38. The Morgan fingerprint density at radius 1 is 1.00 bits per heavy atom. The third-order valence-electron chi connectivity index (χ3n) is 7.28. The Balaban J connectivity index is 1.85. The van der Waals surface area contributed by atoms with Crippen LogP contribution in [0.2, 0.25) is 0 Å². The summed E-state index contributed by atoms with van der Waals surface area (Å²) in [4.78, 5) is 0. The molecule has 0 saturated carbocycles. The molecule has 1 aromatic carbocycles. The lowest BCUT2D eigenvalue weighted by atomic mass is 9.79. The summed E-state index contributed by atoms with van der Waals surface area (Å²) >= 11 is 0. The Labute approximate surface area is 188 Å². The van der Waals surface area contributed by atoms with E-state index in [1.807, 2.05) is 73.6 Å². The van der Waals surface area contributed by atoms with Crippen molar-refractivity contribution in [3.8, 4) is 0 Å². The van der Waals surface area contributed by atoms with E-state index >= 15 is 0 Å². The normalized spacial score (nSPS) is 26.2. The van der Waals surface area contributed by atoms with Crippen molar-refractivity contribution in [2.24, 2.45) is 0 Å². The van der Waals surface area contributed by atoms with Gasteiger partial charge >= 0.3 is 0 Å². The predicted molar refractivity (Wildman–Crippen MR) is 122 cm³/mol. The Morgan fingerprint density at radius 2 is 1.52 bits per heavy atom. The second-order valence-electron chi connectivity index (χ2n) is 11.5. The van der Waals surface area contributed by atoms with Crippen molar-refractivity contribution in [3.05, 3.63) is 34.9 Å². The molecule has 1 atom stereocenters. The highest BCUT2D eigenvalue weighted by molar-refractivity contribution is 7.73. The van der Waals surface area contributed by atoms with Crippen molar-refractivity contribution in [3.63, 3.8) is 0 Å². The minimum atomic E-state index is -1.80. The molecule has 3 rings (SSSR count). The van der Waals surface area contributed by atoms with Crippen LogP contribution >= 0.6 is 0 Å². The Hall–Kier alpha value is -1.03. The van der Waals surface area contributed by atoms with E-state index in [1.54, 1.807) is 0 Å². The number of hydrogen-bond donors (Lipinski definition) is 4. The van der Waals surface area contributed by atoms with Crippen LogP contribution < -0.4 is 5.32 Å². The molecule has 7 nitrogen and oxygen atoms in total. The first kappa shape index (κ1) is 24.6. The summed E-state index contributed by atoms with van der Waals surface area (Å²) in [6, 6.07) is 6.10. The van der Waals surface area contributed by atoms with E-state index in [0.29, 0.717) is 6.54 Å². The van der Waals surface area contributed by atoms with E-state index in [-0.39, 0.29) is 17.1 Å². The number of benzene rings is 1. The molecule has 0 aromatic heterocycles. The first-order chi connectivity index (χ1) is 14.0. The van der Waals surface area contributed by atoms with E-state index in [1.165, 1.54) is 10.1 Å². The molecule has 2 aliphatic rings. The van der Waals surface area contributed by atoms with E-state index < -0.39 is 26.9 Å². The van der Waals surface area contributed by atoms with Crippen molar-refractivity contribution < 1.29 is 14.6 Å². The van der Waals surface area contributed by atoms with Gasteiger partial charge in [-0.15, -0.1) is 0 Å². The largest absolute Gasteiger partial charge is 0.444 e. The zero-order valence-electron chi connectivity index (χ0n) is 20.1. The van der Waals surface area contributed by atoms with Crippen LogP contribution in [0.5, 0.6) is 0 Å². The smallest absolute Gasteiger partial charge is 0.0665 e. The van der Waals surface area contributed by atoms with E-state index in [4.69, 9.17) is 4.78 Å². The zero-order chi connectivity index (χ0) is 23.6. The Bertz CT molecular complexity index is 897. The monoisotopic (exact) mass is 451 g/mol. The molecule has 4 N–H and O–H groups in total. The highest BCUT2D eigenvalue weighted by Crippen LogP contribution is 2.48. The molecule has 1 saturated heterocycles. The highest BCUT2D eigenvalue weighted by Gasteiger charge is 2.49. The van der Waals surface area contributed by atoms with Crippen LogP contribution in [0.4, 0.5) is 0 Å². The van der Waals surface area contributed by atoms with Crippen LogP contribution in [0, 0.1) is 4.78 Å². The summed E-state index contributed by atoms with van der Waals surface area (Å²) < 4.78 is 20.4. The zero-order valence-corrected chi connectivity index (χ0v) is 20.9. The molecule has 1 aromatic rings. The number of fused-ring (bicyclic) bond motifs is 1.